The van der Waals surface area contributed by atoms with Crippen LogP contribution < -0.4 is 10.1 Å². The summed E-state index contributed by atoms with van der Waals surface area (Å²) in [5.41, 5.74) is 1.68. The number of rotatable bonds is 9. The molecule has 1 atom stereocenters. The number of thioether (sulfide) groups is 1. The average Bonchev–Trinajstić information content (AvgIpc) is 3.58. The van der Waals surface area contributed by atoms with Crippen molar-refractivity contribution in [1.29, 1.82) is 0 Å². The zero-order chi connectivity index (χ0) is 21.7. The fraction of sp³-hybridized carbons (Fsp3) is 0.217. The van der Waals surface area contributed by atoms with Gasteiger partial charge in [0.05, 0.1) is 29.3 Å². The van der Waals surface area contributed by atoms with Gasteiger partial charge >= 0.3 is 0 Å². The highest BCUT2D eigenvalue weighted by Gasteiger charge is 2.29. The van der Waals surface area contributed by atoms with E-state index < -0.39 is 9.84 Å². The minimum absolute atomic E-state index is 0.0827. The van der Waals surface area contributed by atoms with Crippen molar-refractivity contribution < 1.29 is 17.9 Å². The van der Waals surface area contributed by atoms with E-state index >= 15 is 0 Å². The summed E-state index contributed by atoms with van der Waals surface area (Å²) in [5, 5.41) is 3.08. The average molecular weight is 455 g/mol. The highest BCUT2D eigenvalue weighted by Crippen LogP contribution is 2.33. The van der Waals surface area contributed by atoms with Crippen LogP contribution in [0.2, 0.25) is 0 Å². The number of sulfone groups is 1. The van der Waals surface area contributed by atoms with E-state index in [1.54, 1.807) is 54.4 Å². The zero-order valence-corrected chi connectivity index (χ0v) is 18.4. The van der Waals surface area contributed by atoms with E-state index in [2.05, 4.69) is 10.3 Å². The largest absolute Gasteiger partial charge is 0.457 e. The van der Waals surface area contributed by atoms with Crippen LogP contribution in [-0.4, -0.2) is 36.1 Å². The van der Waals surface area contributed by atoms with Crippen LogP contribution in [0.15, 0.2) is 77.8 Å². The van der Waals surface area contributed by atoms with Crippen molar-refractivity contribution >= 4 is 27.5 Å². The summed E-state index contributed by atoms with van der Waals surface area (Å²) in [4.78, 5) is 16.6. The molecule has 0 bridgehead atoms. The lowest BCUT2D eigenvalue weighted by molar-refractivity contribution is -0.120. The standard InChI is InChI=1S/C23H22N2O4S2/c26-23(25-14-18-3-1-2-12-24-18)13-17-4-6-19(7-5-17)29-20-8-10-22(11-9-20)31(27,28)16-21-15-30-21/h1-12,21H,13-16H2,(H,25,26). The van der Waals surface area contributed by atoms with E-state index in [0.29, 0.717) is 22.9 Å². The monoisotopic (exact) mass is 454 g/mol. The second-order valence-corrected chi connectivity index (χ2v) is 10.6. The lowest BCUT2D eigenvalue weighted by Crippen LogP contribution is -2.24. The number of ether oxygens (including phenoxy) is 1. The first-order valence-electron chi connectivity index (χ1n) is 9.86. The number of aromatic nitrogens is 1. The molecule has 1 fully saturated rings. The molecule has 0 aliphatic carbocycles. The highest BCUT2D eigenvalue weighted by atomic mass is 32.2. The maximum absolute atomic E-state index is 12.3. The second kappa shape index (κ2) is 9.53. The number of hydrogen-bond acceptors (Lipinski definition) is 6. The Balaban J connectivity index is 1.29. The van der Waals surface area contributed by atoms with Gasteiger partial charge in [-0.15, -0.1) is 0 Å². The number of pyridine rings is 1. The van der Waals surface area contributed by atoms with Crippen molar-refractivity contribution in [3.63, 3.8) is 0 Å². The first-order valence-corrected chi connectivity index (χ1v) is 12.6. The molecule has 0 saturated carbocycles. The molecule has 1 aromatic heterocycles. The van der Waals surface area contributed by atoms with Crippen LogP contribution in [0.3, 0.4) is 0 Å². The Labute approximate surface area is 186 Å². The highest BCUT2D eigenvalue weighted by molar-refractivity contribution is 8.08. The summed E-state index contributed by atoms with van der Waals surface area (Å²) in [6.07, 6.45) is 1.96. The Hall–Kier alpha value is -2.84. The Morgan fingerprint density at radius 3 is 2.32 bits per heavy atom. The Morgan fingerprint density at radius 1 is 1.03 bits per heavy atom. The second-order valence-electron chi connectivity index (χ2n) is 7.23. The van der Waals surface area contributed by atoms with Crippen molar-refractivity contribution in [2.75, 3.05) is 11.5 Å². The van der Waals surface area contributed by atoms with Gasteiger partial charge in [0.2, 0.25) is 5.91 Å². The Morgan fingerprint density at radius 2 is 1.71 bits per heavy atom. The molecule has 4 rings (SSSR count). The number of carbonyl (C=O) groups is 1. The van der Waals surface area contributed by atoms with Gasteiger partial charge in [0.1, 0.15) is 11.5 Å². The molecule has 8 heteroatoms. The first kappa shape index (κ1) is 21.4. The van der Waals surface area contributed by atoms with Gasteiger partial charge in [-0.05, 0) is 54.1 Å². The summed E-state index contributed by atoms with van der Waals surface area (Å²) in [5.74, 6) is 2.20. The van der Waals surface area contributed by atoms with Crippen LogP contribution in [0.1, 0.15) is 11.3 Å². The van der Waals surface area contributed by atoms with Gasteiger partial charge in [-0.3, -0.25) is 9.78 Å². The van der Waals surface area contributed by atoms with Crippen LogP contribution in [0, 0.1) is 0 Å². The van der Waals surface area contributed by atoms with Gasteiger partial charge in [-0.1, -0.05) is 18.2 Å². The van der Waals surface area contributed by atoms with Crippen molar-refractivity contribution in [2.45, 2.75) is 23.1 Å². The maximum atomic E-state index is 12.3. The third-order valence-electron chi connectivity index (χ3n) is 4.71. The van der Waals surface area contributed by atoms with Crippen LogP contribution >= 0.6 is 11.8 Å². The molecule has 2 aromatic carbocycles. The molecule has 0 spiro atoms. The molecule has 160 valence electrons. The molecular weight excluding hydrogens is 432 g/mol. The topological polar surface area (TPSA) is 85.4 Å². The molecule has 1 N–H and O–H groups in total. The Kier molecular flexibility index (Phi) is 6.58. The lowest BCUT2D eigenvalue weighted by Gasteiger charge is -2.09. The van der Waals surface area contributed by atoms with Gasteiger partial charge in [0, 0.05) is 17.2 Å². The summed E-state index contributed by atoms with van der Waals surface area (Å²) in [6.45, 7) is 0.395. The van der Waals surface area contributed by atoms with Crippen molar-refractivity contribution in [2.24, 2.45) is 0 Å². The van der Waals surface area contributed by atoms with Gasteiger partial charge < -0.3 is 10.1 Å². The number of nitrogens with one attached hydrogen (secondary N) is 1. The van der Waals surface area contributed by atoms with E-state index in [-0.39, 0.29) is 23.3 Å². The number of carbonyl (C=O) groups excluding carboxylic acids is 1. The minimum atomic E-state index is -3.24. The normalized spacial score (nSPS) is 15.3. The van der Waals surface area contributed by atoms with E-state index in [0.717, 1.165) is 17.0 Å². The third-order valence-corrected chi connectivity index (χ3v) is 7.72. The van der Waals surface area contributed by atoms with Crippen molar-refractivity contribution in [3.05, 3.63) is 84.2 Å². The SMILES string of the molecule is O=C(Cc1ccc(Oc2ccc(S(=O)(=O)CC3CS3)cc2)cc1)NCc1ccccn1. The van der Waals surface area contributed by atoms with Gasteiger partial charge in [0.25, 0.3) is 0 Å². The fourth-order valence-electron chi connectivity index (χ4n) is 2.97. The van der Waals surface area contributed by atoms with Crippen molar-refractivity contribution in [3.8, 4) is 11.5 Å². The zero-order valence-electron chi connectivity index (χ0n) is 16.7. The molecule has 6 nitrogen and oxygen atoms in total. The summed E-state index contributed by atoms with van der Waals surface area (Å²) < 4.78 is 30.4. The molecule has 1 saturated heterocycles. The summed E-state index contributed by atoms with van der Waals surface area (Å²) >= 11 is 1.67. The third kappa shape index (κ3) is 6.32. The molecule has 1 aliphatic rings. The van der Waals surface area contributed by atoms with E-state index in [1.807, 2.05) is 30.3 Å². The molecule has 3 aromatic rings. The van der Waals surface area contributed by atoms with Crippen molar-refractivity contribution in [1.82, 2.24) is 10.3 Å². The Bertz CT molecular complexity index is 1130. The van der Waals surface area contributed by atoms with Crippen LogP contribution in [0.4, 0.5) is 0 Å². The first-order chi connectivity index (χ1) is 15.0. The number of benzene rings is 2. The smallest absolute Gasteiger partial charge is 0.224 e. The molecule has 2 heterocycles. The quantitative estimate of drug-likeness (QED) is 0.497. The molecule has 1 aliphatic heterocycles. The van der Waals surface area contributed by atoms with Gasteiger partial charge in [0.15, 0.2) is 9.84 Å². The summed E-state index contributed by atoms with van der Waals surface area (Å²) in [7, 11) is -3.24. The predicted octanol–water partition coefficient (Wildman–Crippen LogP) is 3.62. The van der Waals surface area contributed by atoms with Gasteiger partial charge in [-0.25, -0.2) is 8.42 Å². The van der Waals surface area contributed by atoms with Crippen LogP contribution in [0.25, 0.3) is 0 Å². The van der Waals surface area contributed by atoms with E-state index in [9.17, 15) is 13.2 Å². The van der Waals surface area contributed by atoms with E-state index in [1.165, 1.54) is 0 Å². The summed E-state index contributed by atoms with van der Waals surface area (Å²) in [6, 6.07) is 19.3. The van der Waals surface area contributed by atoms with Crippen LogP contribution in [0.5, 0.6) is 11.5 Å². The number of hydrogen-bond donors (Lipinski definition) is 1. The lowest BCUT2D eigenvalue weighted by atomic mass is 10.1. The number of nitrogens with zero attached hydrogens (tertiary/aromatic N) is 1. The fourth-order valence-corrected chi connectivity index (χ4v) is 5.65. The molecule has 31 heavy (non-hydrogen) atoms. The maximum Gasteiger partial charge on any atom is 0.224 e. The predicted molar refractivity (Wildman–Crippen MR) is 121 cm³/mol. The molecule has 0 radical (unpaired) electrons. The van der Waals surface area contributed by atoms with E-state index in [4.69, 9.17) is 4.74 Å². The van der Waals surface area contributed by atoms with Gasteiger partial charge in [-0.2, -0.15) is 11.8 Å². The molecule has 1 unspecified atom stereocenters. The van der Waals surface area contributed by atoms with Crippen LogP contribution in [-0.2, 0) is 27.6 Å². The number of amides is 1. The molecular formula is C23H22N2O4S2. The minimum Gasteiger partial charge on any atom is -0.457 e. The molecule has 1 amide bonds.